The van der Waals surface area contributed by atoms with Gasteiger partial charge in [-0.05, 0) is 24.8 Å². The molecule has 1 unspecified atom stereocenters. The molecule has 0 saturated carbocycles. The third-order valence-corrected chi connectivity index (χ3v) is 3.55. The summed E-state index contributed by atoms with van der Waals surface area (Å²) in [6.07, 6.45) is 3.55. The number of ether oxygens (including phenoxy) is 1. The van der Waals surface area contributed by atoms with Crippen LogP contribution in [0.15, 0.2) is 42.0 Å². The molecule has 1 aliphatic heterocycles. The van der Waals surface area contributed by atoms with Gasteiger partial charge in [-0.3, -0.25) is 4.90 Å². The lowest BCUT2D eigenvalue weighted by molar-refractivity contribution is 0.0422. The Morgan fingerprint density at radius 2 is 1.95 bits per heavy atom. The minimum Gasteiger partial charge on any atom is -0.379 e. The van der Waals surface area contributed by atoms with Gasteiger partial charge in [0, 0.05) is 19.6 Å². The normalized spacial score (nSPS) is 19.4. The predicted octanol–water partition coefficient (Wildman–Crippen LogP) is 3.14. The first-order chi connectivity index (χ1) is 9.24. The Labute approximate surface area is 117 Å². The van der Waals surface area contributed by atoms with Crippen LogP contribution in [0.3, 0.4) is 0 Å². The van der Waals surface area contributed by atoms with Crippen LogP contribution < -0.4 is 0 Å². The molecule has 1 saturated heterocycles. The fraction of sp³-hybridized carbons (Fsp3) is 0.529. The van der Waals surface area contributed by atoms with Crippen LogP contribution in [-0.2, 0) is 11.2 Å². The molecule has 1 aromatic rings. The van der Waals surface area contributed by atoms with Crippen molar-refractivity contribution >= 4 is 0 Å². The third kappa shape index (κ3) is 5.17. The molecule has 1 aromatic carbocycles. The van der Waals surface area contributed by atoms with Gasteiger partial charge in [0.2, 0.25) is 0 Å². The van der Waals surface area contributed by atoms with E-state index >= 15 is 0 Å². The zero-order valence-corrected chi connectivity index (χ0v) is 12.1. The van der Waals surface area contributed by atoms with E-state index in [1.54, 1.807) is 0 Å². The van der Waals surface area contributed by atoms with Crippen molar-refractivity contribution in [1.82, 2.24) is 4.90 Å². The molecule has 0 amide bonds. The highest BCUT2D eigenvalue weighted by Gasteiger charge is 2.10. The minimum absolute atomic E-state index is 0.600. The Balaban J connectivity index is 1.81. The molecule has 2 nitrogen and oxygen atoms in total. The maximum atomic E-state index is 5.38. The van der Waals surface area contributed by atoms with Crippen LogP contribution in [0.5, 0.6) is 0 Å². The van der Waals surface area contributed by atoms with Crippen molar-refractivity contribution in [2.75, 3.05) is 32.8 Å². The number of hydrogen-bond donors (Lipinski definition) is 0. The Morgan fingerprint density at radius 3 is 2.63 bits per heavy atom. The molecule has 0 bridgehead atoms. The highest BCUT2D eigenvalue weighted by molar-refractivity contribution is 5.17. The molecule has 1 atom stereocenters. The van der Waals surface area contributed by atoms with Crippen molar-refractivity contribution in [1.29, 1.82) is 0 Å². The SMILES string of the molecule is C/C(=C\C(C)Cc1ccccc1)CN1CCOCC1. The summed E-state index contributed by atoms with van der Waals surface area (Å²) in [7, 11) is 0. The molecule has 1 fully saturated rings. The maximum Gasteiger partial charge on any atom is 0.0594 e. The zero-order valence-electron chi connectivity index (χ0n) is 12.1. The van der Waals surface area contributed by atoms with E-state index in [4.69, 9.17) is 4.74 Å². The Hall–Kier alpha value is -1.12. The summed E-state index contributed by atoms with van der Waals surface area (Å²) in [6, 6.07) is 10.7. The number of morpholine rings is 1. The Morgan fingerprint density at radius 1 is 1.26 bits per heavy atom. The predicted molar refractivity (Wildman–Crippen MR) is 80.3 cm³/mol. The smallest absolute Gasteiger partial charge is 0.0594 e. The van der Waals surface area contributed by atoms with Gasteiger partial charge in [-0.2, -0.15) is 0 Å². The monoisotopic (exact) mass is 259 g/mol. The van der Waals surface area contributed by atoms with E-state index in [-0.39, 0.29) is 0 Å². The van der Waals surface area contributed by atoms with Gasteiger partial charge in [0.25, 0.3) is 0 Å². The molecular weight excluding hydrogens is 234 g/mol. The Bertz CT molecular complexity index is 393. The standard InChI is InChI=1S/C17H25NO/c1-15(13-17-6-4-3-5-7-17)12-16(2)14-18-8-10-19-11-9-18/h3-7,12,15H,8-11,13-14H2,1-2H3/b16-12+. The zero-order chi connectivity index (χ0) is 13.5. The lowest BCUT2D eigenvalue weighted by atomic mass is 9.99. The van der Waals surface area contributed by atoms with Gasteiger partial charge in [-0.1, -0.05) is 48.9 Å². The molecule has 1 heterocycles. The second-order valence-electron chi connectivity index (χ2n) is 5.57. The third-order valence-electron chi connectivity index (χ3n) is 3.55. The van der Waals surface area contributed by atoms with Crippen LogP contribution in [0.2, 0.25) is 0 Å². The van der Waals surface area contributed by atoms with Crippen LogP contribution in [0.1, 0.15) is 19.4 Å². The van der Waals surface area contributed by atoms with Gasteiger partial charge in [-0.25, -0.2) is 0 Å². The first kappa shape index (κ1) is 14.3. The molecule has 0 aromatic heterocycles. The quantitative estimate of drug-likeness (QED) is 0.753. The summed E-state index contributed by atoms with van der Waals surface area (Å²) in [5.41, 5.74) is 2.90. The lowest BCUT2D eigenvalue weighted by Crippen LogP contribution is -2.37. The van der Waals surface area contributed by atoms with Crippen LogP contribution >= 0.6 is 0 Å². The largest absolute Gasteiger partial charge is 0.379 e. The summed E-state index contributed by atoms with van der Waals surface area (Å²) < 4.78 is 5.38. The van der Waals surface area contributed by atoms with Gasteiger partial charge in [0.1, 0.15) is 0 Å². The van der Waals surface area contributed by atoms with E-state index in [9.17, 15) is 0 Å². The van der Waals surface area contributed by atoms with E-state index in [1.807, 2.05) is 0 Å². The van der Waals surface area contributed by atoms with Crippen LogP contribution in [-0.4, -0.2) is 37.7 Å². The van der Waals surface area contributed by atoms with Gasteiger partial charge in [0.05, 0.1) is 13.2 Å². The highest BCUT2D eigenvalue weighted by atomic mass is 16.5. The van der Waals surface area contributed by atoms with Crippen LogP contribution in [0.4, 0.5) is 0 Å². The fourth-order valence-electron chi connectivity index (χ4n) is 2.70. The van der Waals surface area contributed by atoms with Crippen molar-refractivity contribution in [2.45, 2.75) is 20.3 Å². The maximum absolute atomic E-state index is 5.38. The summed E-state index contributed by atoms with van der Waals surface area (Å²) in [6.45, 7) is 9.53. The molecule has 2 rings (SSSR count). The number of nitrogens with zero attached hydrogens (tertiary/aromatic N) is 1. The average molecular weight is 259 g/mol. The van der Waals surface area contributed by atoms with Crippen molar-refractivity contribution in [3.05, 3.63) is 47.5 Å². The van der Waals surface area contributed by atoms with Crippen molar-refractivity contribution in [2.24, 2.45) is 5.92 Å². The van der Waals surface area contributed by atoms with E-state index in [0.717, 1.165) is 39.3 Å². The summed E-state index contributed by atoms with van der Waals surface area (Å²) in [5, 5.41) is 0. The molecule has 0 N–H and O–H groups in total. The lowest BCUT2D eigenvalue weighted by Gasteiger charge is -2.27. The average Bonchev–Trinajstić information content (AvgIpc) is 2.40. The van der Waals surface area contributed by atoms with Crippen molar-refractivity contribution < 1.29 is 4.74 Å². The molecular formula is C17H25NO. The van der Waals surface area contributed by atoms with E-state index < -0.39 is 0 Å². The summed E-state index contributed by atoms with van der Waals surface area (Å²) in [5.74, 6) is 0.600. The van der Waals surface area contributed by atoms with Gasteiger partial charge in [-0.15, -0.1) is 0 Å². The first-order valence-electron chi connectivity index (χ1n) is 7.25. The first-order valence-corrected chi connectivity index (χ1v) is 7.25. The molecule has 104 valence electrons. The molecule has 0 radical (unpaired) electrons. The van der Waals surface area contributed by atoms with Gasteiger partial charge < -0.3 is 4.74 Å². The topological polar surface area (TPSA) is 12.5 Å². The van der Waals surface area contributed by atoms with Crippen molar-refractivity contribution in [3.8, 4) is 0 Å². The van der Waals surface area contributed by atoms with E-state index in [1.165, 1.54) is 11.1 Å². The Kier molecular flexibility index (Phi) is 5.62. The molecule has 0 aliphatic carbocycles. The van der Waals surface area contributed by atoms with E-state index in [0.29, 0.717) is 5.92 Å². The number of allylic oxidation sites excluding steroid dienone is 1. The molecule has 0 spiro atoms. The highest BCUT2D eigenvalue weighted by Crippen LogP contribution is 2.12. The fourth-order valence-corrected chi connectivity index (χ4v) is 2.70. The second-order valence-corrected chi connectivity index (χ2v) is 5.57. The summed E-state index contributed by atoms with van der Waals surface area (Å²) >= 11 is 0. The molecule has 1 aliphatic rings. The molecule has 2 heteroatoms. The number of benzene rings is 1. The van der Waals surface area contributed by atoms with E-state index in [2.05, 4.69) is 55.2 Å². The second kappa shape index (κ2) is 7.46. The minimum atomic E-state index is 0.600. The van der Waals surface area contributed by atoms with Crippen LogP contribution in [0.25, 0.3) is 0 Å². The van der Waals surface area contributed by atoms with Gasteiger partial charge in [0.15, 0.2) is 0 Å². The molecule has 19 heavy (non-hydrogen) atoms. The number of rotatable bonds is 5. The number of hydrogen-bond acceptors (Lipinski definition) is 2. The van der Waals surface area contributed by atoms with Crippen LogP contribution in [0, 0.1) is 5.92 Å². The van der Waals surface area contributed by atoms with Gasteiger partial charge >= 0.3 is 0 Å². The van der Waals surface area contributed by atoms with Crippen molar-refractivity contribution in [3.63, 3.8) is 0 Å². The summed E-state index contributed by atoms with van der Waals surface area (Å²) in [4.78, 5) is 2.48.